The standard InChI is InChI=1S/C44H55FN7O8P/c1-27(2)40(53)49-43-48-39-37(41(54)50-43)47-26-51(39)42-38(61(55,56,24-12-23-46)52(28(3)4)29(5)6)36(45)35(60-42)25-59-44(30-13-10-9-11-14-30,31-15-19-33(57-7)20-16-31)32-17-21-34(58-8)22-18-32/h9-11,13-22,26-29,35-36,38,42,55-56H,12,24-25H2,1-8H3,(H2,48,49,50,53,54)/t35-,36-,38-,42-/m1/s1. The fourth-order valence-electron chi connectivity index (χ4n) is 8.63. The average molecular weight is 860 g/mol. The van der Waals surface area contributed by atoms with Crippen molar-refractivity contribution in [1.29, 1.82) is 5.26 Å². The van der Waals surface area contributed by atoms with Gasteiger partial charge in [-0.3, -0.25) is 0 Å². The van der Waals surface area contributed by atoms with Gasteiger partial charge in [0.05, 0.1) is 0 Å². The Morgan fingerprint density at radius 1 is 0.967 bits per heavy atom. The minimum atomic E-state index is -5.59. The zero-order chi connectivity index (χ0) is 44.3. The molecule has 17 heteroatoms. The molecule has 6 rings (SSSR count). The van der Waals surface area contributed by atoms with E-state index in [2.05, 4.69) is 20.3 Å². The predicted octanol–water partition coefficient (Wildman–Crippen LogP) is 6.66. The molecule has 326 valence electrons. The maximum absolute atomic E-state index is 18.1. The van der Waals surface area contributed by atoms with Crippen LogP contribution < -0.4 is 20.3 Å². The summed E-state index contributed by atoms with van der Waals surface area (Å²) in [5, 5.41) is 12.5. The molecule has 0 spiro atoms. The van der Waals surface area contributed by atoms with Crippen LogP contribution in [0.4, 0.5) is 10.3 Å². The number of alkyl halides is 1. The molecule has 2 aromatic heterocycles. The van der Waals surface area contributed by atoms with Gasteiger partial charge in [-0.05, 0) is 0 Å². The summed E-state index contributed by atoms with van der Waals surface area (Å²) in [5.41, 5.74) is -2.01. The number of fused-ring (bicyclic) bond motifs is 1. The predicted molar refractivity (Wildman–Crippen MR) is 231 cm³/mol. The third-order valence-corrected chi connectivity index (χ3v) is 16.0. The van der Waals surface area contributed by atoms with Crippen molar-refractivity contribution in [2.45, 2.75) is 89.8 Å². The van der Waals surface area contributed by atoms with Crippen molar-refractivity contribution in [3.63, 3.8) is 0 Å². The summed E-state index contributed by atoms with van der Waals surface area (Å²) in [5.74, 6) is 0.160. The molecule has 4 N–H and O–H groups in total. The Balaban J connectivity index is 1.55. The number of nitrogens with one attached hydrogen (secondary N) is 2. The number of benzene rings is 3. The zero-order valence-corrected chi connectivity index (χ0v) is 36.5. The monoisotopic (exact) mass is 859 g/mol. The number of methoxy groups -OCH3 is 2. The summed E-state index contributed by atoms with van der Waals surface area (Å²) in [6, 6.07) is 25.0. The van der Waals surface area contributed by atoms with Crippen molar-refractivity contribution in [2.75, 3.05) is 32.3 Å². The second-order valence-electron chi connectivity index (χ2n) is 16.1. The number of amides is 1. The van der Waals surface area contributed by atoms with Crippen molar-refractivity contribution in [1.82, 2.24) is 24.2 Å². The van der Waals surface area contributed by atoms with Gasteiger partial charge in [0, 0.05) is 0 Å². The molecule has 1 fully saturated rings. The molecular formula is C44H55FN7O8P. The molecule has 0 radical (unpaired) electrons. The molecule has 4 atom stereocenters. The van der Waals surface area contributed by atoms with E-state index < -0.39 is 79.2 Å². The van der Waals surface area contributed by atoms with E-state index in [1.54, 1.807) is 80.0 Å². The van der Waals surface area contributed by atoms with Gasteiger partial charge >= 0.3 is 355 Å². The number of anilines is 1. The summed E-state index contributed by atoms with van der Waals surface area (Å²) in [7, 11) is -2.46. The molecule has 1 aliphatic heterocycles. The first-order valence-electron chi connectivity index (χ1n) is 20.2. The van der Waals surface area contributed by atoms with Crippen LogP contribution in [0.5, 0.6) is 11.5 Å². The number of aromatic nitrogens is 4. The molecule has 0 bridgehead atoms. The van der Waals surface area contributed by atoms with Gasteiger partial charge in [-0.25, -0.2) is 0 Å². The second-order valence-corrected chi connectivity index (χ2v) is 20.1. The van der Waals surface area contributed by atoms with E-state index in [0.717, 1.165) is 0 Å². The third-order valence-electron chi connectivity index (χ3n) is 11.2. The second kappa shape index (κ2) is 18.0. The number of rotatable bonds is 17. The van der Waals surface area contributed by atoms with Gasteiger partial charge in [-0.15, -0.1) is 0 Å². The van der Waals surface area contributed by atoms with Gasteiger partial charge in [-0.2, -0.15) is 0 Å². The molecule has 0 unspecified atom stereocenters. The van der Waals surface area contributed by atoms with Crippen LogP contribution in [0.25, 0.3) is 11.2 Å². The van der Waals surface area contributed by atoms with Crippen LogP contribution in [0.3, 0.4) is 0 Å². The van der Waals surface area contributed by atoms with Crippen LogP contribution >= 0.6 is 7.21 Å². The van der Waals surface area contributed by atoms with E-state index in [1.807, 2.05) is 60.7 Å². The molecule has 1 amide bonds. The van der Waals surface area contributed by atoms with Crippen LogP contribution in [0.2, 0.25) is 0 Å². The number of aromatic amines is 1. The first kappa shape index (κ1) is 45.3. The SMILES string of the molecule is COc1ccc(C(OC[C@H]2O[C@@H](n3cnc4c(=O)[nH]c(NC(=O)C(C)C)nc43)[C@H](P(O)(O)(CCC#N)N(C(C)C)C(C)C)[C@@H]2F)(c2ccccc2)c2ccc(OC)cc2)cc1. The number of hydrogen-bond acceptors (Lipinski definition) is 12. The molecule has 0 saturated carbocycles. The average Bonchev–Trinajstić information content (AvgIpc) is 3.82. The summed E-state index contributed by atoms with van der Waals surface area (Å²) in [6.45, 7) is 10.0. The fraction of sp³-hybridized carbons (Fsp3) is 0.432. The molecule has 5 aromatic rings. The Bertz CT molecular complexity index is 2350. The van der Waals surface area contributed by atoms with E-state index in [9.17, 15) is 24.6 Å². The Morgan fingerprint density at radius 3 is 2.03 bits per heavy atom. The number of carbonyl (C=O) groups is 1. The molecule has 61 heavy (non-hydrogen) atoms. The Hall–Kier alpha value is -5.27. The van der Waals surface area contributed by atoms with Gasteiger partial charge < -0.3 is 0 Å². The summed E-state index contributed by atoms with van der Waals surface area (Å²) < 4.78 is 45.6. The van der Waals surface area contributed by atoms with E-state index in [1.165, 1.54) is 15.6 Å². The molecular weight excluding hydrogens is 804 g/mol. The molecule has 15 nitrogen and oxygen atoms in total. The molecule has 3 heterocycles. The van der Waals surface area contributed by atoms with Gasteiger partial charge in [0.15, 0.2) is 0 Å². The van der Waals surface area contributed by atoms with Crippen LogP contribution in [0.15, 0.2) is 90.0 Å². The Labute approximate surface area is 354 Å². The van der Waals surface area contributed by atoms with Crippen LogP contribution in [-0.4, -0.2) is 96.9 Å². The van der Waals surface area contributed by atoms with Gasteiger partial charge in [-0.1, -0.05) is 0 Å². The number of nitrogens with zero attached hydrogens (tertiary/aromatic N) is 5. The van der Waals surface area contributed by atoms with E-state index >= 15 is 4.39 Å². The minimum absolute atomic E-state index is 0.0962. The number of nitriles is 1. The molecule has 0 aliphatic carbocycles. The summed E-state index contributed by atoms with van der Waals surface area (Å²) >= 11 is 0. The summed E-state index contributed by atoms with van der Waals surface area (Å²) in [4.78, 5) is 63.7. The van der Waals surface area contributed by atoms with E-state index in [-0.39, 0.29) is 23.5 Å². The maximum atomic E-state index is 18.1. The number of ether oxygens (including phenoxy) is 4. The third kappa shape index (κ3) is 8.51. The topological polar surface area (TPSA) is 197 Å². The van der Waals surface area contributed by atoms with E-state index in [4.69, 9.17) is 18.9 Å². The number of halogens is 1. The van der Waals surface area contributed by atoms with Gasteiger partial charge in [0.25, 0.3) is 0 Å². The van der Waals surface area contributed by atoms with Crippen LogP contribution in [0.1, 0.15) is 70.9 Å². The number of imidazole rings is 1. The number of H-pyrrole nitrogens is 1. The molecule has 3 aromatic carbocycles. The quantitative estimate of drug-likeness (QED) is 0.0574. The van der Waals surface area contributed by atoms with Gasteiger partial charge in [0.2, 0.25) is 0 Å². The first-order valence-corrected chi connectivity index (χ1v) is 22.6. The number of hydrogen-bond donors (Lipinski definition) is 4. The molecule has 1 aliphatic rings. The zero-order valence-electron chi connectivity index (χ0n) is 35.7. The van der Waals surface area contributed by atoms with Crippen LogP contribution in [0, 0.1) is 17.2 Å². The van der Waals surface area contributed by atoms with Crippen molar-refractivity contribution in [3.05, 3.63) is 112 Å². The Kier molecular flexibility index (Phi) is 13.3. The van der Waals surface area contributed by atoms with E-state index in [0.29, 0.717) is 28.2 Å². The molecule has 1 saturated heterocycles. The van der Waals surface area contributed by atoms with Crippen LogP contribution in [-0.2, 0) is 19.9 Å². The van der Waals surface area contributed by atoms with Crippen molar-refractivity contribution in [3.8, 4) is 17.6 Å². The normalized spacial score (nSPS) is 19.0. The van der Waals surface area contributed by atoms with Crippen molar-refractivity contribution >= 4 is 30.2 Å². The van der Waals surface area contributed by atoms with Gasteiger partial charge in [0.1, 0.15) is 0 Å². The Morgan fingerprint density at radius 2 is 1.52 bits per heavy atom. The number of carbonyl (C=O) groups excluding carboxylic acids is 1. The summed E-state index contributed by atoms with van der Waals surface area (Å²) in [6.07, 6.45) is -4.68. The van der Waals surface area contributed by atoms with Crippen molar-refractivity contribution in [2.24, 2.45) is 5.92 Å². The van der Waals surface area contributed by atoms with Crippen molar-refractivity contribution < 1.29 is 37.9 Å². The first-order chi connectivity index (χ1) is 29.0. The fourth-order valence-corrected chi connectivity index (χ4v) is 13.5.